The zero-order valence-electron chi connectivity index (χ0n) is 12.5. The number of azo groups is 1. The normalized spacial score (nSPS) is 11.3. The van der Waals surface area contributed by atoms with Crippen LogP contribution >= 0.6 is 11.3 Å². The molecule has 0 saturated heterocycles. The highest BCUT2D eigenvalue weighted by molar-refractivity contribution is 7.13. The summed E-state index contributed by atoms with van der Waals surface area (Å²) in [5.41, 5.74) is 2.19. The minimum absolute atomic E-state index is 0.0986. The van der Waals surface area contributed by atoms with Crippen molar-refractivity contribution in [3.8, 4) is 17.0 Å². The molecular formula is C18H12N4OS. The molecular weight excluding hydrogens is 320 g/mol. The van der Waals surface area contributed by atoms with Crippen LogP contribution in [0.4, 0.5) is 10.8 Å². The Morgan fingerprint density at radius 2 is 1.88 bits per heavy atom. The summed E-state index contributed by atoms with van der Waals surface area (Å²) in [6.45, 7) is 0. The summed E-state index contributed by atoms with van der Waals surface area (Å²) in [5, 5.41) is 22.8. The fourth-order valence-electron chi connectivity index (χ4n) is 2.40. The van der Waals surface area contributed by atoms with Crippen molar-refractivity contribution in [3.05, 3.63) is 66.3 Å². The first-order valence-electron chi connectivity index (χ1n) is 7.29. The Balaban J connectivity index is 1.69. The lowest BCUT2D eigenvalue weighted by atomic mass is 10.1. The van der Waals surface area contributed by atoms with Gasteiger partial charge in [0.05, 0.1) is 5.69 Å². The topological polar surface area (TPSA) is 70.7 Å². The Labute approximate surface area is 142 Å². The predicted octanol–water partition coefficient (Wildman–Crippen LogP) is 5.48. The molecule has 0 aliphatic rings. The van der Waals surface area contributed by atoms with Crippen LogP contribution in [0.3, 0.4) is 0 Å². The quantitative estimate of drug-likeness (QED) is 0.505. The second-order valence-electron chi connectivity index (χ2n) is 5.11. The van der Waals surface area contributed by atoms with Gasteiger partial charge < -0.3 is 5.11 Å². The number of phenols is 1. The standard InChI is InChI=1S/C18H12N4OS/c23-16-8-7-12-4-1-2-6-14(12)17(16)21-22-18-20-15(11-24-18)13-5-3-9-19-10-13/h1-11,23H. The molecule has 0 saturated carbocycles. The molecule has 0 unspecified atom stereocenters. The van der Waals surface area contributed by atoms with Gasteiger partial charge in [0.2, 0.25) is 5.13 Å². The number of phenolic OH excluding ortho intramolecular Hbond substituents is 1. The lowest BCUT2D eigenvalue weighted by Crippen LogP contribution is -1.77. The van der Waals surface area contributed by atoms with Gasteiger partial charge in [0.1, 0.15) is 11.4 Å². The fourth-order valence-corrected chi connectivity index (χ4v) is 3.04. The average molecular weight is 332 g/mol. The number of benzene rings is 2. The van der Waals surface area contributed by atoms with Gasteiger partial charge in [-0.3, -0.25) is 4.98 Å². The molecule has 0 fully saturated rings. The fraction of sp³-hybridized carbons (Fsp3) is 0. The SMILES string of the molecule is Oc1ccc2ccccc2c1N=Nc1nc(-c2cccnc2)cs1. The van der Waals surface area contributed by atoms with Crippen LogP contribution in [0.15, 0.2) is 76.5 Å². The van der Waals surface area contributed by atoms with Gasteiger partial charge in [0.15, 0.2) is 0 Å². The highest BCUT2D eigenvalue weighted by Gasteiger charge is 2.07. The van der Waals surface area contributed by atoms with E-state index in [0.29, 0.717) is 10.8 Å². The number of thiazole rings is 1. The van der Waals surface area contributed by atoms with E-state index >= 15 is 0 Å². The van der Waals surface area contributed by atoms with Crippen molar-refractivity contribution < 1.29 is 5.11 Å². The molecule has 1 N–H and O–H groups in total. The van der Waals surface area contributed by atoms with Gasteiger partial charge in [0, 0.05) is 28.7 Å². The van der Waals surface area contributed by atoms with Crippen LogP contribution in [0.25, 0.3) is 22.0 Å². The third-order valence-corrected chi connectivity index (χ3v) is 4.29. The van der Waals surface area contributed by atoms with E-state index in [0.717, 1.165) is 22.0 Å². The van der Waals surface area contributed by atoms with Crippen molar-refractivity contribution in [1.82, 2.24) is 9.97 Å². The number of nitrogens with zero attached hydrogens (tertiary/aromatic N) is 4. The lowest BCUT2D eigenvalue weighted by molar-refractivity contribution is 0.477. The molecule has 0 spiro atoms. The summed E-state index contributed by atoms with van der Waals surface area (Å²) in [7, 11) is 0. The van der Waals surface area contributed by atoms with Crippen LogP contribution < -0.4 is 0 Å². The molecule has 5 nitrogen and oxygen atoms in total. The Morgan fingerprint density at radius 3 is 2.75 bits per heavy atom. The Kier molecular flexibility index (Phi) is 3.72. The van der Waals surface area contributed by atoms with E-state index in [-0.39, 0.29) is 5.75 Å². The van der Waals surface area contributed by atoms with E-state index in [2.05, 4.69) is 20.2 Å². The summed E-state index contributed by atoms with van der Waals surface area (Å²) >= 11 is 1.39. The molecule has 2 aromatic heterocycles. The molecule has 0 aliphatic heterocycles. The van der Waals surface area contributed by atoms with Gasteiger partial charge in [-0.15, -0.1) is 21.6 Å². The predicted molar refractivity (Wildman–Crippen MR) is 95.1 cm³/mol. The van der Waals surface area contributed by atoms with Crippen LogP contribution in [0.1, 0.15) is 0 Å². The average Bonchev–Trinajstić information content (AvgIpc) is 3.11. The number of aromatic nitrogens is 2. The molecule has 116 valence electrons. The van der Waals surface area contributed by atoms with Gasteiger partial charge >= 0.3 is 0 Å². The van der Waals surface area contributed by atoms with E-state index in [1.54, 1.807) is 18.5 Å². The zero-order chi connectivity index (χ0) is 16.4. The molecule has 0 radical (unpaired) electrons. The molecule has 0 amide bonds. The van der Waals surface area contributed by atoms with Crippen molar-refractivity contribution in [1.29, 1.82) is 0 Å². The van der Waals surface area contributed by atoms with Gasteiger partial charge in [-0.25, -0.2) is 4.98 Å². The third kappa shape index (κ3) is 2.75. The summed E-state index contributed by atoms with van der Waals surface area (Å²) < 4.78 is 0. The first kappa shape index (κ1) is 14.5. The molecule has 2 heterocycles. The minimum atomic E-state index is 0.0986. The largest absolute Gasteiger partial charge is 0.506 e. The molecule has 0 bridgehead atoms. The van der Waals surface area contributed by atoms with E-state index in [4.69, 9.17) is 0 Å². The second kappa shape index (κ2) is 6.17. The van der Waals surface area contributed by atoms with Crippen molar-refractivity contribution >= 4 is 32.9 Å². The Morgan fingerprint density at radius 1 is 0.958 bits per heavy atom. The molecule has 4 aromatic rings. The number of rotatable bonds is 3. The molecule has 4 rings (SSSR count). The number of hydrogen-bond donors (Lipinski definition) is 1. The van der Waals surface area contributed by atoms with Crippen LogP contribution in [0, 0.1) is 0 Å². The maximum Gasteiger partial charge on any atom is 0.230 e. The van der Waals surface area contributed by atoms with Gasteiger partial charge in [-0.05, 0) is 23.6 Å². The van der Waals surface area contributed by atoms with Crippen molar-refractivity contribution in [2.24, 2.45) is 10.2 Å². The summed E-state index contributed by atoms with van der Waals surface area (Å²) in [6, 6.07) is 15.0. The highest BCUT2D eigenvalue weighted by atomic mass is 32.1. The molecule has 24 heavy (non-hydrogen) atoms. The van der Waals surface area contributed by atoms with Crippen LogP contribution in [0.5, 0.6) is 5.75 Å². The van der Waals surface area contributed by atoms with E-state index in [1.807, 2.05) is 47.8 Å². The van der Waals surface area contributed by atoms with Crippen molar-refractivity contribution in [2.45, 2.75) is 0 Å². The minimum Gasteiger partial charge on any atom is -0.506 e. The van der Waals surface area contributed by atoms with Gasteiger partial charge in [0.25, 0.3) is 0 Å². The van der Waals surface area contributed by atoms with E-state index in [1.165, 1.54) is 11.3 Å². The number of hydrogen-bond acceptors (Lipinski definition) is 6. The van der Waals surface area contributed by atoms with Crippen LogP contribution in [0.2, 0.25) is 0 Å². The summed E-state index contributed by atoms with van der Waals surface area (Å²) in [6.07, 6.45) is 3.48. The number of pyridine rings is 1. The van der Waals surface area contributed by atoms with Crippen LogP contribution in [-0.2, 0) is 0 Å². The smallest absolute Gasteiger partial charge is 0.230 e. The van der Waals surface area contributed by atoms with Gasteiger partial charge in [-0.2, -0.15) is 0 Å². The third-order valence-electron chi connectivity index (χ3n) is 3.56. The lowest BCUT2D eigenvalue weighted by Gasteiger charge is -2.02. The number of fused-ring (bicyclic) bond motifs is 1. The van der Waals surface area contributed by atoms with Crippen LogP contribution in [-0.4, -0.2) is 15.1 Å². The molecule has 0 atom stereocenters. The molecule has 6 heteroatoms. The zero-order valence-corrected chi connectivity index (χ0v) is 13.3. The summed E-state index contributed by atoms with van der Waals surface area (Å²) in [5.74, 6) is 0.0986. The van der Waals surface area contributed by atoms with E-state index < -0.39 is 0 Å². The van der Waals surface area contributed by atoms with Crippen molar-refractivity contribution in [2.75, 3.05) is 0 Å². The first-order valence-corrected chi connectivity index (χ1v) is 8.17. The van der Waals surface area contributed by atoms with Crippen molar-refractivity contribution in [3.63, 3.8) is 0 Å². The maximum atomic E-state index is 10.1. The first-order chi connectivity index (χ1) is 11.8. The Bertz CT molecular complexity index is 1030. The monoisotopic (exact) mass is 332 g/mol. The second-order valence-corrected chi connectivity index (χ2v) is 5.95. The molecule has 0 aliphatic carbocycles. The van der Waals surface area contributed by atoms with Gasteiger partial charge in [-0.1, -0.05) is 30.3 Å². The molecule has 2 aromatic carbocycles. The number of aromatic hydroxyl groups is 1. The van der Waals surface area contributed by atoms with E-state index in [9.17, 15) is 5.11 Å². The Hall–Kier alpha value is -3.12. The summed E-state index contributed by atoms with van der Waals surface area (Å²) in [4.78, 5) is 8.53. The maximum absolute atomic E-state index is 10.1. The highest BCUT2D eigenvalue weighted by Crippen LogP contribution is 2.36.